The molecule has 0 bridgehead atoms. The van der Waals surface area contributed by atoms with Gasteiger partial charge in [0.15, 0.2) is 5.78 Å². The Balaban J connectivity index is 2.98. The minimum Gasteiger partial charge on any atom is -0.301 e. The number of carbonyl (C=O) groups excluding carboxylic acids is 1. The van der Waals surface area contributed by atoms with Crippen molar-refractivity contribution < 1.29 is 6.17 Å². The summed E-state index contributed by atoms with van der Waals surface area (Å²) in [6, 6.07) is 7.30. The highest BCUT2D eigenvalue weighted by molar-refractivity contribution is 6.21. The fourth-order valence-corrected chi connectivity index (χ4v) is 1.56. The van der Waals surface area contributed by atoms with E-state index in [1.807, 2.05) is 26.8 Å². The van der Waals surface area contributed by atoms with Crippen LogP contribution in [0.15, 0.2) is 30.3 Å². The quantitative estimate of drug-likeness (QED) is 0.649. The first-order valence-corrected chi connectivity index (χ1v) is 5.77. The summed E-state index contributed by atoms with van der Waals surface area (Å²) in [5, 5.41) is 2.97. The SMILES string of the molecule is [3H]C(CCl)(NC(C)(C)C)C(=O)c1ccccc1. The first-order chi connectivity index (χ1) is 7.78. The van der Waals surface area contributed by atoms with Gasteiger partial charge in [-0.25, -0.2) is 0 Å². The molecule has 1 rings (SSSR count). The van der Waals surface area contributed by atoms with E-state index in [0.717, 1.165) is 0 Å². The molecule has 88 valence electrons. The second-order valence-corrected chi connectivity index (χ2v) is 4.95. The molecule has 3 heteroatoms. The molecule has 1 atom stereocenters. The van der Waals surface area contributed by atoms with Gasteiger partial charge in [0.05, 0.1) is 7.39 Å². The molecular weight excluding hydrogens is 222 g/mol. The van der Waals surface area contributed by atoms with E-state index in [2.05, 4.69) is 5.32 Å². The van der Waals surface area contributed by atoms with E-state index in [1.54, 1.807) is 24.3 Å². The Labute approximate surface area is 103 Å². The summed E-state index contributed by atoms with van der Waals surface area (Å²) < 4.78 is 8.18. The number of benzene rings is 1. The number of rotatable bonds is 4. The summed E-state index contributed by atoms with van der Waals surface area (Å²) >= 11 is 5.79. The van der Waals surface area contributed by atoms with Crippen molar-refractivity contribution in [2.75, 3.05) is 5.88 Å². The summed E-state index contributed by atoms with van der Waals surface area (Å²) in [6.07, 6.45) is 0. The van der Waals surface area contributed by atoms with E-state index in [0.29, 0.717) is 5.56 Å². The first kappa shape index (κ1) is 11.6. The predicted molar refractivity (Wildman–Crippen MR) is 68.2 cm³/mol. The van der Waals surface area contributed by atoms with E-state index in [4.69, 9.17) is 13.0 Å². The van der Waals surface area contributed by atoms with Gasteiger partial charge < -0.3 is 5.32 Å². The maximum atomic E-state index is 12.2. The monoisotopic (exact) mass is 241 g/mol. The van der Waals surface area contributed by atoms with Crippen LogP contribution in [0.5, 0.6) is 0 Å². The van der Waals surface area contributed by atoms with Crippen molar-refractivity contribution in [3.8, 4) is 0 Å². The minimum absolute atomic E-state index is 0.0853. The van der Waals surface area contributed by atoms with Crippen molar-refractivity contribution in [3.05, 3.63) is 35.9 Å². The second kappa shape index (κ2) is 5.46. The number of hydrogen-bond donors (Lipinski definition) is 1. The Bertz CT molecular complexity index is 388. The Morgan fingerprint density at radius 2 is 2.00 bits per heavy atom. The number of nitrogens with one attached hydrogen (secondary N) is 1. The Morgan fingerprint density at radius 1 is 1.44 bits per heavy atom. The van der Waals surface area contributed by atoms with Crippen LogP contribution in [0.3, 0.4) is 0 Å². The number of ketones is 1. The number of carbonyl (C=O) groups is 1. The van der Waals surface area contributed by atoms with Crippen molar-refractivity contribution in [2.24, 2.45) is 0 Å². The third kappa shape index (κ3) is 3.95. The Morgan fingerprint density at radius 3 is 2.44 bits per heavy atom. The van der Waals surface area contributed by atoms with Crippen LogP contribution >= 0.6 is 11.6 Å². The van der Waals surface area contributed by atoms with E-state index in [9.17, 15) is 4.79 Å². The topological polar surface area (TPSA) is 29.1 Å². The zero-order valence-corrected chi connectivity index (χ0v) is 10.6. The predicted octanol–water partition coefficient (Wildman–Crippen LogP) is 2.86. The molecule has 0 amide bonds. The second-order valence-electron chi connectivity index (χ2n) is 4.68. The summed E-state index contributed by atoms with van der Waals surface area (Å²) in [5.74, 6) is -0.388. The first-order valence-electron chi connectivity index (χ1n) is 5.74. The average molecular weight is 242 g/mol. The van der Waals surface area contributed by atoms with Crippen molar-refractivity contribution in [2.45, 2.75) is 32.3 Å². The normalized spacial score (nSPS) is 16.4. The average Bonchev–Trinajstić information content (AvgIpc) is 2.27. The van der Waals surface area contributed by atoms with Crippen molar-refractivity contribution in [1.82, 2.24) is 5.32 Å². The van der Waals surface area contributed by atoms with Crippen LogP contribution in [-0.4, -0.2) is 23.2 Å². The van der Waals surface area contributed by atoms with Gasteiger partial charge in [0.25, 0.3) is 0 Å². The maximum Gasteiger partial charge on any atom is 0.180 e. The molecule has 0 radical (unpaired) electrons. The number of hydrogen-bond acceptors (Lipinski definition) is 2. The van der Waals surface area contributed by atoms with Crippen LogP contribution in [0.4, 0.5) is 0 Å². The van der Waals surface area contributed by atoms with Crippen LogP contribution in [-0.2, 0) is 0 Å². The Hall–Kier alpha value is -0.860. The van der Waals surface area contributed by atoms with Gasteiger partial charge in [-0.3, -0.25) is 4.79 Å². The highest BCUT2D eigenvalue weighted by Gasteiger charge is 2.23. The third-order valence-corrected chi connectivity index (χ3v) is 2.24. The fourth-order valence-electron chi connectivity index (χ4n) is 1.37. The molecule has 1 aromatic rings. The highest BCUT2D eigenvalue weighted by atomic mass is 35.5. The van der Waals surface area contributed by atoms with E-state index < -0.39 is 6.02 Å². The molecule has 0 heterocycles. The lowest BCUT2D eigenvalue weighted by Gasteiger charge is -2.26. The molecule has 0 saturated heterocycles. The van der Waals surface area contributed by atoms with Gasteiger partial charge in [-0.05, 0) is 20.8 Å². The zero-order chi connectivity index (χ0) is 13.1. The molecule has 0 aromatic heterocycles. The summed E-state index contributed by atoms with van der Waals surface area (Å²) in [4.78, 5) is 12.2. The molecule has 0 spiro atoms. The van der Waals surface area contributed by atoms with Crippen LogP contribution in [0, 0.1) is 0 Å². The lowest BCUT2D eigenvalue weighted by atomic mass is 10.0. The van der Waals surface area contributed by atoms with Gasteiger partial charge in [0.1, 0.15) is 0 Å². The standard InChI is InChI=1S/C13H18ClNO/c1-13(2,3)15-11(9-14)12(16)10-7-5-4-6-8-10/h4-8,11,15H,9H2,1-3H3/i11T. The largest absolute Gasteiger partial charge is 0.301 e. The molecule has 1 aromatic carbocycles. The van der Waals surface area contributed by atoms with E-state index in [-0.39, 0.29) is 17.2 Å². The molecule has 0 fully saturated rings. The van der Waals surface area contributed by atoms with E-state index >= 15 is 0 Å². The van der Waals surface area contributed by atoms with Gasteiger partial charge in [-0.1, -0.05) is 30.3 Å². The number of alkyl halides is 1. The van der Waals surface area contributed by atoms with Crippen LogP contribution in [0.2, 0.25) is 0 Å². The van der Waals surface area contributed by atoms with Crippen molar-refractivity contribution in [3.63, 3.8) is 0 Å². The zero-order valence-electron chi connectivity index (χ0n) is 10.9. The summed E-state index contributed by atoms with van der Waals surface area (Å²) in [6.45, 7) is 5.71. The Kier molecular flexibility index (Phi) is 3.97. The lowest BCUT2D eigenvalue weighted by Crippen LogP contribution is -2.48. The van der Waals surface area contributed by atoms with Crippen LogP contribution in [0.25, 0.3) is 0 Å². The highest BCUT2D eigenvalue weighted by Crippen LogP contribution is 2.09. The molecule has 0 aliphatic carbocycles. The maximum absolute atomic E-state index is 12.2. The summed E-state index contributed by atoms with van der Waals surface area (Å²) in [5.41, 5.74) is 0.154. The fraction of sp³-hybridized carbons (Fsp3) is 0.462. The summed E-state index contributed by atoms with van der Waals surface area (Å²) in [7, 11) is 0. The molecule has 0 aliphatic heterocycles. The van der Waals surface area contributed by atoms with Gasteiger partial charge >= 0.3 is 0 Å². The molecule has 0 saturated carbocycles. The van der Waals surface area contributed by atoms with Crippen LogP contribution < -0.4 is 5.32 Å². The van der Waals surface area contributed by atoms with Crippen molar-refractivity contribution in [1.29, 1.82) is 0 Å². The molecule has 0 aliphatic rings. The molecule has 1 unspecified atom stereocenters. The molecule has 16 heavy (non-hydrogen) atoms. The molecule has 2 nitrogen and oxygen atoms in total. The molecular formula is C13H18ClNO. The molecule has 1 N–H and O–H groups in total. The smallest absolute Gasteiger partial charge is 0.180 e. The van der Waals surface area contributed by atoms with Crippen molar-refractivity contribution >= 4 is 17.4 Å². The minimum atomic E-state index is -1.48. The number of Topliss-reactive ketones (excluding diaryl/α,β-unsaturated/α-hetero) is 1. The number of halogens is 1. The van der Waals surface area contributed by atoms with E-state index in [1.165, 1.54) is 0 Å². The lowest BCUT2D eigenvalue weighted by molar-refractivity contribution is 0.0937. The van der Waals surface area contributed by atoms with Gasteiger partial charge in [0, 0.05) is 17.0 Å². The van der Waals surface area contributed by atoms with Gasteiger partial charge in [-0.2, -0.15) is 0 Å². The van der Waals surface area contributed by atoms with Crippen LogP contribution in [0.1, 0.15) is 32.5 Å². The van der Waals surface area contributed by atoms with Gasteiger partial charge in [0.2, 0.25) is 0 Å². The third-order valence-electron chi connectivity index (χ3n) is 1.97. The van der Waals surface area contributed by atoms with Gasteiger partial charge in [-0.15, -0.1) is 11.6 Å².